The number of nitrogens with one attached hydrogen (secondary N) is 1. The second-order valence-electron chi connectivity index (χ2n) is 4.40. The molecule has 0 amide bonds. The summed E-state index contributed by atoms with van der Waals surface area (Å²) in [6.45, 7) is 2.73. The standard InChI is InChI=1S/C14H15F3N2S/c1-2-19-13(7-12-8-18-9-20-12)10-3-5-11(6-4-10)14(15,16)17/h3-6,8-9,13,19H,2,7H2,1H3. The van der Waals surface area contributed by atoms with Crippen LogP contribution >= 0.6 is 11.3 Å². The van der Waals surface area contributed by atoms with Gasteiger partial charge in [0.2, 0.25) is 0 Å². The fourth-order valence-corrected chi connectivity index (χ4v) is 2.64. The first-order chi connectivity index (χ1) is 9.50. The van der Waals surface area contributed by atoms with Gasteiger partial charge in [-0.15, -0.1) is 11.3 Å². The molecule has 0 aliphatic heterocycles. The largest absolute Gasteiger partial charge is 0.416 e. The molecule has 0 spiro atoms. The predicted molar refractivity (Wildman–Crippen MR) is 73.7 cm³/mol. The molecule has 0 radical (unpaired) electrons. The van der Waals surface area contributed by atoms with Crippen molar-refractivity contribution in [3.05, 3.63) is 52.0 Å². The molecule has 1 atom stereocenters. The van der Waals surface area contributed by atoms with Gasteiger partial charge in [-0.3, -0.25) is 4.98 Å². The minimum absolute atomic E-state index is 0.00253. The molecule has 0 aliphatic rings. The molecule has 0 saturated carbocycles. The second-order valence-corrected chi connectivity index (χ2v) is 5.37. The maximum atomic E-state index is 12.6. The van der Waals surface area contributed by atoms with E-state index in [-0.39, 0.29) is 6.04 Å². The van der Waals surface area contributed by atoms with Crippen LogP contribution in [0, 0.1) is 0 Å². The van der Waals surface area contributed by atoms with Crippen molar-refractivity contribution in [2.24, 2.45) is 0 Å². The number of halogens is 3. The highest BCUT2D eigenvalue weighted by molar-refractivity contribution is 7.09. The Bertz CT molecular complexity index is 520. The minimum atomic E-state index is -4.29. The molecule has 1 N–H and O–H groups in total. The van der Waals surface area contributed by atoms with Gasteiger partial charge in [-0.1, -0.05) is 19.1 Å². The van der Waals surface area contributed by atoms with Gasteiger partial charge < -0.3 is 5.32 Å². The Morgan fingerprint density at radius 3 is 2.45 bits per heavy atom. The van der Waals surface area contributed by atoms with Crippen LogP contribution < -0.4 is 5.32 Å². The van der Waals surface area contributed by atoms with Gasteiger partial charge in [0.15, 0.2) is 0 Å². The Labute approximate surface area is 119 Å². The SMILES string of the molecule is CCNC(Cc1cncs1)c1ccc(C(F)(F)F)cc1. The third kappa shape index (κ3) is 3.80. The van der Waals surface area contributed by atoms with Crippen molar-refractivity contribution in [2.45, 2.75) is 25.6 Å². The molecule has 1 heterocycles. The number of hydrogen-bond acceptors (Lipinski definition) is 3. The van der Waals surface area contributed by atoms with E-state index >= 15 is 0 Å². The maximum absolute atomic E-state index is 12.6. The lowest BCUT2D eigenvalue weighted by atomic mass is 10.0. The molecular formula is C14H15F3N2S. The van der Waals surface area contributed by atoms with Crippen LogP contribution in [-0.2, 0) is 12.6 Å². The maximum Gasteiger partial charge on any atom is 0.416 e. The van der Waals surface area contributed by atoms with Gasteiger partial charge in [-0.25, -0.2) is 0 Å². The summed E-state index contributed by atoms with van der Waals surface area (Å²) in [4.78, 5) is 5.12. The number of nitrogens with zero attached hydrogens (tertiary/aromatic N) is 1. The molecule has 0 aliphatic carbocycles. The average molecular weight is 300 g/mol. The molecule has 2 nitrogen and oxygen atoms in total. The number of thiazole rings is 1. The van der Waals surface area contributed by atoms with E-state index in [1.807, 2.05) is 6.92 Å². The van der Waals surface area contributed by atoms with Gasteiger partial charge in [-0.05, 0) is 24.2 Å². The lowest BCUT2D eigenvalue weighted by Gasteiger charge is -2.18. The summed E-state index contributed by atoms with van der Waals surface area (Å²) in [5, 5.41) is 3.29. The zero-order chi connectivity index (χ0) is 14.6. The Balaban J connectivity index is 2.17. The van der Waals surface area contributed by atoms with Crippen LogP contribution in [0.5, 0.6) is 0 Å². The number of alkyl halides is 3. The second kappa shape index (κ2) is 6.37. The predicted octanol–water partition coefficient (Wildman–Crippen LogP) is 4.06. The summed E-state index contributed by atoms with van der Waals surface area (Å²) < 4.78 is 37.7. The van der Waals surface area contributed by atoms with Crippen molar-refractivity contribution in [3.63, 3.8) is 0 Å². The van der Waals surface area contributed by atoms with Crippen molar-refractivity contribution in [1.82, 2.24) is 10.3 Å². The van der Waals surface area contributed by atoms with Crippen molar-refractivity contribution >= 4 is 11.3 Å². The topological polar surface area (TPSA) is 24.9 Å². The first-order valence-electron chi connectivity index (χ1n) is 6.28. The van der Waals surface area contributed by atoms with E-state index in [4.69, 9.17) is 0 Å². The molecule has 0 fully saturated rings. The summed E-state index contributed by atoms with van der Waals surface area (Å²) in [7, 11) is 0. The van der Waals surface area contributed by atoms with Gasteiger partial charge in [0.25, 0.3) is 0 Å². The van der Waals surface area contributed by atoms with Crippen LogP contribution in [0.25, 0.3) is 0 Å². The number of aromatic nitrogens is 1. The lowest BCUT2D eigenvalue weighted by Crippen LogP contribution is -2.22. The normalized spacial score (nSPS) is 13.4. The third-order valence-electron chi connectivity index (χ3n) is 2.98. The van der Waals surface area contributed by atoms with E-state index in [9.17, 15) is 13.2 Å². The first kappa shape index (κ1) is 15.0. The summed E-state index contributed by atoms with van der Waals surface area (Å²) in [6.07, 6.45) is -1.77. The van der Waals surface area contributed by atoms with E-state index in [0.717, 1.165) is 35.5 Å². The van der Waals surface area contributed by atoms with Crippen LogP contribution in [0.1, 0.15) is 29.0 Å². The van der Waals surface area contributed by atoms with E-state index in [1.54, 1.807) is 23.0 Å². The van der Waals surface area contributed by atoms with Crippen LogP contribution in [0.15, 0.2) is 36.0 Å². The zero-order valence-corrected chi connectivity index (χ0v) is 11.8. The van der Waals surface area contributed by atoms with Crippen LogP contribution in [0.2, 0.25) is 0 Å². The van der Waals surface area contributed by atoms with Crippen molar-refractivity contribution in [2.75, 3.05) is 6.54 Å². The van der Waals surface area contributed by atoms with Gasteiger partial charge in [0.05, 0.1) is 11.1 Å². The Morgan fingerprint density at radius 2 is 1.95 bits per heavy atom. The van der Waals surface area contributed by atoms with Gasteiger partial charge in [0, 0.05) is 23.5 Å². The Hall–Kier alpha value is -1.40. The Kier molecular flexibility index (Phi) is 4.77. The molecule has 0 bridgehead atoms. The monoisotopic (exact) mass is 300 g/mol. The molecule has 1 aromatic carbocycles. The van der Waals surface area contributed by atoms with Crippen molar-refractivity contribution in [1.29, 1.82) is 0 Å². The van der Waals surface area contributed by atoms with Crippen molar-refractivity contribution in [3.8, 4) is 0 Å². The summed E-state index contributed by atoms with van der Waals surface area (Å²) in [5.74, 6) is 0. The van der Waals surface area contributed by atoms with Gasteiger partial charge in [-0.2, -0.15) is 13.2 Å². The average Bonchev–Trinajstić information content (AvgIpc) is 2.90. The molecule has 0 saturated heterocycles. The van der Waals surface area contributed by atoms with E-state index in [1.165, 1.54) is 12.1 Å². The highest BCUT2D eigenvalue weighted by Crippen LogP contribution is 2.30. The van der Waals surface area contributed by atoms with Crippen LogP contribution in [0.4, 0.5) is 13.2 Å². The third-order valence-corrected chi connectivity index (χ3v) is 3.78. The highest BCUT2D eigenvalue weighted by atomic mass is 32.1. The molecule has 1 unspecified atom stereocenters. The van der Waals surface area contributed by atoms with Crippen LogP contribution in [0.3, 0.4) is 0 Å². The molecule has 6 heteroatoms. The molecule has 2 rings (SSSR count). The van der Waals surface area contributed by atoms with E-state index in [2.05, 4.69) is 10.3 Å². The van der Waals surface area contributed by atoms with Gasteiger partial charge >= 0.3 is 6.18 Å². The minimum Gasteiger partial charge on any atom is -0.310 e. The molecular weight excluding hydrogens is 285 g/mol. The Morgan fingerprint density at radius 1 is 1.25 bits per heavy atom. The number of benzene rings is 1. The summed E-state index contributed by atoms with van der Waals surface area (Å²) in [5.41, 5.74) is 1.99. The molecule has 20 heavy (non-hydrogen) atoms. The molecule has 108 valence electrons. The lowest BCUT2D eigenvalue weighted by molar-refractivity contribution is -0.137. The fourth-order valence-electron chi connectivity index (χ4n) is 2.00. The molecule has 2 aromatic rings. The summed E-state index contributed by atoms with van der Waals surface area (Å²) >= 11 is 1.55. The molecule has 1 aromatic heterocycles. The van der Waals surface area contributed by atoms with Gasteiger partial charge in [0.1, 0.15) is 0 Å². The van der Waals surface area contributed by atoms with E-state index < -0.39 is 11.7 Å². The number of hydrogen-bond donors (Lipinski definition) is 1. The number of likely N-dealkylation sites (N-methyl/N-ethyl adjacent to an activating group) is 1. The first-order valence-corrected chi connectivity index (χ1v) is 7.16. The van der Waals surface area contributed by atoms with Crippen molar-refractivity contribution < 1.29 is 13.2 Å². The fraction of sp³-hybridized carbons (Fsp3) is 0.357. The quantitative estimate of drug-likeness (QED) is 0.901. The van der Waals surface area contributed by atoms with Crippen LogP contribution in [-0.4, -0.2) is 11.5 Å². The number of rotatable bonds is 5. The zero-order valence-electron chi connectivity index (χ0n) is 10.9. The van der Waals surface area contributed by atoms with E-state index in [0.29, 0.717) is 0 Å². The summed E-state index contributed by atoms with van der Waals surface area (Å²) in [6, 6.07) is 5.34. The smallest absolute Gasteiger partial charge is 0.310 e. The highest BCUT2D eigenvalue weighted by Gasteiger charge is 2.30.